The van der Waals surface area contributed by atoms with E-state index in [2.05, 4.69) is 25.0 Å². The Bertz CT molecular complexity index is 1430. The maximum Gasteiger partial charge on any atom is 0.305 e. The summed E-state index contributed by atoms with van der Waals surface area (Å²) in [7, 11) is 1.36. The Morgan fingerprint density at radius 3 is 2.84 bits per heavy atom. The minimum atomic E-state index is -0.949. The Balaban J connectivity index is 1.18. The van der Waals surface area contributed by atoms with Crippen LogP contribution < -0.4 is 4.74 Å². The second-order valence-corrected chi connectivity index (χ2v) is 8.35. The second kappa shape index (κ2) is 10.6. The van der Waals surface area contributed by atoms with E-state index in [9.17, 15) is 13.6 Å². The first kappa shape index (κ1) is 24.2. The van der Waals surface area contributed by atoms with E-state index >= 15 is 0 Å². The minimum Gasteiger partial charge on any atom is -0.494 e. The number of hydrogen-bond acceptors (Lipinski definition) is 8. The summed E-state index contributed by atoms with van der Waals surface area (Å²) < 4.78 is 43.5. The molecule has 0 fully saturated rings. The zero-order valence-electron chi connectivity index (χ0n) is 19.9. The van der Waals surface area contributed by atoms with Crippen molar-refractivity contribution in [1.82, 2.24) is 20.1 Å². The number of methoxy groups -OCH3 is 1. The number of esters is 1. The molecule has 0 saturated carbocycles. The zero-order valence-corrected chi connectivity index (χ0v) is 19.9. The number of H-pyrrole nitrogens is 1. The Morgan fingerprint density at radius 2 is 2.03 bits per heavy atom. The Labute approximate surface area is 210 Å². The van der Waals surface area contributed by atoms with Gasteiger partial charge in [0.25, 0.3) is 0 Å². The van der Waals surface area contributed by atoms with Crippen LogP contribution >= 0.6 is 0 Å². The molecule has 5 rings (SSSR count). The number of carbonyl (C=O) groups is 1. The standard InChI is InChI=1S/C26H23F2N5O4/c1-35-24(34)6-3-11-36-17-9-7-16(8-10-17)21-12-18(37-32-21)14-33-15-23-22(13-29-33)30-26(31-23)19-4-2-5-20(27)25(19)28/h2,4-5,7-10,12-13H,3,6,11,14-15H2,1H3,(H,30,31). The molecule has 0 radical (unpaired) electrons. The third kappa shape index (κ3) is 5.50. The molecule has 1 aliphatic rings. The van der Waals surface area contributed by atoms with Crippen molar-refractivity contribution in [3.63, 3.8) is 0 Å². The molecule has 4 aromatic rings. The van der Waals surface area contributed by atoms with E-state index in [1.165, 1.54) is 19.2 Å². The van der Waals surface area contributed by atoms with Gasteiger partial charge in [0.05, 0.1) is 44.3 Å². The van der Waals surface area contributed by atoms with Crippen molar-refractivity contribution < 1.29 is 27.6 Å². The summed E-state index contributed by atoms with van der Waals surface area (Å²) >= 11 is 0. The first-order valence-corrected chi connectivity index (χ1v) is 11.6. The monoisotopic (exact) mass is 507 g/mol. The van der Waals surface area contributed by atoms with E-state index in [1.807, 2.05) is 30.3 Å². The molecular formula is C26H23F2N5O4. The van der Waals surface area contributed by atoms with Crippen molar-refractivity contribution >= 4 is 12.2 Å². The van der Waals surface area contributed by atoms with Gasteiger partial charge in [-0.15, -0.1) is 0 Å². The number of imidazole rings is 1. The molecule has 0 saturated heterocycles. The Hall–Kier alpha value is -4.54. The number of ether oxygens (including phenoxy) is 2. The molecule has 1 N–H and O–H groups in total. The number of nitrogens with zero attached hydrogens (tertiary/aromatic N) is 4. The fourth-order valence-electron chi connectivity index (χ4n) is 3.85. The molecular weight excluding hydrogens is 484 g/mol. The van der Waals surface area contributed by atoms with Gasteiger partial charge in [0, 0.05) is 18.1 Å². The summed E-state index contributed by atoms with van der Waals surface area (Å²) in [4.78, 5) is 18.6. The van der Waals surface area contributed by atoms with Gasteiger partial charge in [0.2, 0.25) is 0 Å². The van der Waals surface area contributed by atoms with Crippen LogP contribution in [0.3, 0.4) is 0 Å². The Kier molecular flexibility index (Phi) is 6.93. The van der Waals surface area contributed by atoms with Gasteiger partial charge in [0.1, 0.15) is 23.0 Å². The third-order valence-electron chi connectivity index (χ3n) is 5.77. The highest BCUT2D eigenvalue weighted by molar-refractivity contribution is 5.80. The van der Waals surface area contributed by atoms with Gasteiger partial charge in [-0.2, -0.15) is 5.10 Å². The summed E-state index contributed by atoms with van der Waals surface area (Å²) in [5.41, 5.74) is 2.89. The first-order valence-electron chi connectivity index (χ1n) is 11.6. The number of fused-ring (bicyclic) bond motifs is 1. The van der Waals surface area contributed by atoms with Crippen LogP contribution in [0.1, 0.15) is 30.0 Å². The van der Waals surface area contributed by atoms with E-state index in [0.717, 1.165) is 17.3 Å². The first-order chi connectivity index (χ1) is 18.0. The highest BCUT2D eigenvalue weighted by atomic mass is 19.2. The maximum absolute atomic E-state index is 14.2. The van der Waals surface area contributed by atoms with Crippen LogP contribution in [0.25, 0.3) is 22.6 Å². The van der Waals surface area contributed by atoms with E-state index in [-0.39, 0.29) is 17.4 Å². The van der Waals surface area contributed by atoms with Crippen molar-refractivity contribution in [3.8, 4) is 28.4 Å². The number of aromatic nitrogens is 3. The summed E-state index contributed by atoms with van der Waals surface area (Å²) in [6, 6.07) is 13.2. The number of nitrogens with one attached hydrogen (secondary N) is 1. The van der Waals surface area contributed by atoms with Gasteiger partial charge >= 0.3 is 5.97 Å². The SMILES string of the molecule is COC(=O)CCCOc1ccc(-c2cc(CN3Cc4[nH]c(-c5cccc(F)c5F)nc4C=N3)on2)cc1. The van der Waals surface area contributed by atoms with E-state index < -0.39 is 11.6 Å². The zero-order chi connectivity index (χ0) is 25.8. The van der Waals surface area contributed by atoms with E-state index in [4.69, 9.17) is 9.26 Å². The fourth-order valence-corrected chi connectivity index (χ4v) is 3.85. The lowest BCUT2D eigenvalue weighted by molar-refractivity contribution is -0.140. The summed E-state index contributed by atoms with van der Waals surface area (Å²) in [6.45, 7) is 1.15. The van der Waals surface area contributed by atoms with Crippen molar-refractivity contribution in [2.45, 2.75) is 25.9 Å². The molecule has 2 aromatic carbocycles. The van der Waals surface area contributed by atoms with Crippen LogP contribution in [0.2, 0.25) is 0 Å². The molecule has 0 bridgehead atoms. The molecule has 9 nitrogen and oxygen atoms in total. The average molecular weight is 507 g/mol. The number of hydrogen-bond donors (Lipinski definition) is 1. The molecule has 190 valence electrons. The number of rotatable bonds is 9. The molecule has 11 heteroatoms. The maximum atomic E-state index is 14.2. The van der Waals surface area contributed by atoms with Crippen LogP contribution in [0, 0.1) is 11.6 Å². The predicted molar refractivity (Wildman–Crippen MR) is 129 cm³/mol. The number of hydrazone groups is 1. The van der Waals surface area contributed by atoms with Gasteiger partial charge in [-0.1, -0.05) is 11.2 Å². The molecule has 3 heterocycles. The Morgan fingerprint density at radius 1 is 1.19 bits per heavy atom. The van der Waals surface area contributed by atoms with Crippen molar-refractivity contribution in [3.05, 3.63) is 77.3 Å². The van der Waals surface area contributed by atoms with Crippen molar-refractivity contribution in [1.29, 1.82) is 0 Å². The summed E-state index contributed by atoms with van der Waals surface area (Å²) in [6.07, 6.45) is 2.45. The van der Waals surface area contributed by atoms with Gasteiger partial charge in [0.15, 0.2) is 17.4 Å². The topological polar surface area (TPSA) is 106 Å². The van der Waals surface area contributed by atoms with Crippen LogP contribution in [0.4, 0.5) is 8.78 Å². The van der Waals surface area contributed by atoms with Gasteiger partial charge in [-0.05, 0) is 42.8 Å². The summed E-state index contributed by atoms with van der Waals surface area (Å²) in [5.74, 6) is -0.600. The number of benzene rings is 2. The van der Waals surface area contributed by atoms with Crippen LogP contribution in [-0.2, 0) is 22.6 Å². The van der Waals surface area contributed by atoms with Crippen molar-refractivity contribution in [2.75, 3.05) is 13.7 Å². The number of carbonyl (C=O) groups excluding carboxylic acids is 1. The molecule has 0 aliphatic carbocycles. The number of halogens is 2. The smallest absolute Gasteiger partial charge is 0.305 e. The van der Waals surface area contributed by atoms with Crippen LogP contribution in [0.15, 0.2) is 58.2 Å². The van der Waals surface area contributed by atoms with Crippen molar-refractivity contribution in [2.24, 2.45) is 5.10 Å². The fraction of sp³-hybridized carbons (Fsp3) is 0.231. The highest BCUT2D eigenvalue weighted by Crippen LogP contribution is 2.26. The van der Waals surface area contributed by atoms with Crippen LogP contribution in [0.5, 0.6) is 5.75 Å². The molecule has 0 spiro atoms. The summed E-state index contributed by atoms with van der Waals surface area (Å²) in [5, 5.41) is 10.3. The molecule has 0 amide bonds. The normalized spacial score (nSPS) is 12.5. The van der Waals surface area contributed by atoms with Gasteiger partial charge < -0.3 is 19.0 Å². The minimum absolute atomic E-state index is 0.0619. The lowest BCUT2D eigenvalue weighted by atomic mass is 10.1. The number of aromatic amines is 1. The van der Waals surface area contributed by atoms with Gasteiger partial charge in [-0.25, -0.2) is 13.8 Å². The van der Waals surface area contributed by atoms with E-state index in [1.54, 1.807) is 11.2 Å². The molecule has 1 aliphatic heterocycles. The van der Waals surface area contributed by atoms with E-state index in [0.29, 0.717) is 55.4 Å². The average Bonchev–Trinajstić information content (AvgIpc) is 3.55. The largest absolute Gasteiger partial charge is 0.494 e. The molecule has 37 heavy (non-hydrogen) atoms. The second-order valence-electron chi connectivity index (χ2n) is 8.35. The molecule has 0 unspecified atom stereocenters. The molecule has 0 atom stereocenters. The quantitative estimate of drug-likeness (QED) is 0.259. The molecule has 2 aromatic heterocycles. The lowest BCUT2D eigenvalue weighted by Gasteiger charge is -2.19. The predicted octanol–water partition coefficient (Wildman–Crippen LogP) is 4.69. The lowest BCUT2D eigenvalue weighted by Crippen LogP contribution is -2.21. The highest BCUT2D eigenvalue weighted by Gasteiger charge is 2.21. The van der Waals surface area contributed by atoms with Crippen LogP contribution in [-0.4, -0.2) is 46.0 Å². The third-order valence-corrected chi connectivity index (χ3v) is 5.77. The van der Waals surface area contributed by atoms with Gasteiger partial charge in [-0.3, -0.25) is 9.80 Å².